The summed E-state index contributed by atoms with van der Waals surface area (Å²) in [6, 6.07) is 9.37. The highest BCUT2D eigenvalue weighted by molar-refractivity contribution is 5.49. The highest BCUT2D eigenvalue weighted by atomic mass is 16.3. The van der Waals surface area contributed by atoms with Crippen molar-refractivity contribution in [1.29, 1.82) is 5.26 Å². The van der Waals surface area contributed by atoms with Gasteiger partial charge in [-0.25, -0.2) is 0 Å². The van der Waals surface area contributed by atoms with E-state index < -0.39 is 5.60 Å². The zero-order chi connectivity index (χ0) is 12.9. The summed E-state index contributed by atoms with van der Waals surface area (Å²) in [7, 11) is 0. The predicted molar refractivity (Wildman–Crippen MR) is 69.7 cm³/mol. The van der Waals surface area contributed by atoms with Crippen LogP contribution in [-0.2, 0) is 0 Å². The largest absolute Gasteiger partial charge is 0.388 e. The number of nitrogens with zero attached hydrogens (tertiary/aromatic N) is 1. The summed E-state index contributed by atoms with van der Waals surface area (Å²) < 4.78 is 0. The molecule has 2 N–H and O–H groups in total. The Hall–Kier alpha value is -1.53. The lowest BCUT2D eigenvalue weighted by molar-refractivity contribution is 0.0515. The standard InChI is InChI=1S/C14H20N2O/c1-11(2)8-14(3,17)10-16-13-6-4-5-12(7-13)9-15/h4-7,11,16-17H,8,10H2,1-3H3. The third-order valence-corrected chi connectivity index (χ3v) is 2.51. The molecule has 0 amide bonds. The van der Waals surface area contributed by atoms with E-state index in [1.54, 1.807) is 12.1 Å². The molecule has 3 heteroatoms. The fourth-order valence-corrected chi connectivity index (χ4v) is 1.94. The lowest BCUT2D eigenvalue weighted by Gasteiger charge is -2.26. The zero-order valence-electron chi connectivity index (χ0n) is 10.7. The van der Waals surface area contributed by atoms with E-state index in [0.717, 1.165) is 12.1 Å². The van der Waals surface area contributed by atoms with Crippen molar-refractivity contribution in [1.82, 2.24) is 0 Å². The van der Waals surface area contributed by atoms with Crippen molar-refractivity contribution in [2.24, 2.45) is 5.92 Å². The molecule has 0 spiro atoms. The Morgan fingerprint density at radius 2 is 2.18 bits per heavy atom. The Morgan fingerprint density at radius 1 is 1.47 bits per heavy atom. The maximum absolute atomic E-state index is 10.1. The minimum absolute atomic E-state index is 0.456. The van der Waals surface area contributed by atoms with E-state index in [2.05, 4.69) is 25.2 Å². The Balaban J connectivity index is 2.58. The molecule has 1 rings (SSSR count). The van der Waals surface area contributed by atoms with Crippen LogP contribution in [0.25, 0.3) is 0 Å². The number of rotatable bonds is 5. The molecule has 0 radical (unpaired) electrons. The number of nitriles is 1. The van der Waals surface area contributed by atoms with Gasteiger partial charge >= 0.3 is 0 Å². The van der Waals surface area contributed by atoms with Gasteiger partial charge in [0.1, 0.15) is 0 Å². The molecule has 0 heterocycles. The molecule has 3 nitrogen and oxygen atoms in total. The molecule has 0 aliphatic carbocycles. The minimum atomic E-state index is -0.725. The first-order valence-electron chi connectivity index (χ1n) is 5.89. The van der Waals surface area contributed by atoms with Gasteiger partial charge in [-0.1, -0.05) is 19.9 Å². The molecule has 0 fully saturated rings. The SMILES string of the molecule is CC(C)CC(C)(O)CNc1cccc(C#N)c1. The van der Waals surface area contributed by atoms with Crippen LogP contribution in [0.2, 0.25) is 0 Å². The van der Waals surface area contributed by atoms with E-state index in [-0.39, 0.29) is 0 Å². The Kier molecular flexibility index (Phi) is 4.53. The lowest BCUT2D eigenvalue weighted by atomic mass is 9.94. The molecule has 1 aromatic rings. The Morgan fingerprint density at radius 3 is 2.76 bits per heavy atom. The van der Waals surface area contributed by atoms with Crippen LogP contribution in [-0.4, -0.2) is 17.3 Å². The Bertz CT molecular complexity index is 405. The summed E-state index contributed by atoms with van der Waals surface area (Å²) in [5.41, 5.74) is 0.767. The van der Waals surface area contributed by atoms with Crippen molar-refractivity contribution in [2.45, 2.75) is 32.8 Å². The first kappa shape index (κ1) is 13.5. The molecule has 92 valence electrons. The molecule has 17 heavy (non-hydrogen) atoms. The lowest BCUT2D eigenvalue weighted by Crippen LogP contribution is -2.34. The second kappa shape index (κ2) is 5.70. The number of hydrogen-bond acceptors (Lipinski definition) is 3. The normalized spacial score (nSPS) is 14.1. The fraction of sp³-hybridized carbons (Fsp3) is 0.500. The summed E-state index contributed by atoms with van der Waals surface area (Å²) in [5, 5.41) is 22.1. The van der Waals surface area contributed by atoms with Crippen molar-refractivity contribution in [3.63, 3.8) is 0 Å². The molecular formula is C14H20N2O. The average Bonchev–Trinajstić information content (AvgIpc) is 2.25. The van der Waals surface area contributed by atoms with Gasteiger partial charge < -0.3 is 10.4 Å². The summed E-state index contributed by atoms with van der Waals surface area (Å²) in [5.74, 6) is 0.456. The minimum Gasteiger partial charge on any atom is -0.388 e. The van der Waals surface area contributed by atoms with E-state index >= 15 is 0 Å². The van der Waals surface area contributed by atoms with Crippen molar-refractivity contribution in [3.05, 3.63) is 29.8 Å². The number of nitrogens with one attached hydrogen (secondary N) is 1. The van der Waals surface area contributed by atoms with Crippen LogP contribution in [0.5, 0.6) is 0 Å². The van der Waals surface area contributed by atoms with Gasteiger partial charge in [0.05, 0.1) is 17.2 Å². The van der Waals surface area contributed by atoms with Gasteiger partial charge in [-0.15, -0.1) is 0 Å². The van der Waals surface area contributed by atoms with Crippen molar-refractivity contribution in [3.8, 4) is 6.07 Å². The van der Waals surface area contributed by atoms with Crippen LogP contribution < -0.4 is 5.32 Å². The van der Waals surface area contributed by atoms with Gasteiger partial charge in [0.15, 0.2) is 0 Å². The van der Waals surface area contributed by atoms with E-state index in [1.807, 2.05) is 19.1 Å². The molecule has 0 aromatic heterocycles. The van der Waals surface area contributed by atoms with E-state index in [0.29, 0.717) is 18.0 Å². The van der Waals surface area contributed by atoms with Gasteiger partial charge in [-0.3, -0.25) is 0 Å². The molecule has 1 aromatic carbocycles. The van der Waals surface area contributed by atoms with Crippen molar-refractivity contribution in [2.75, 3.05) is 11.9 Å². The molecule has 0 aliphatic heterocycles. The third-order valence-electron chi connectivity index (χ3n) is 2.51. The van der Waals surface area contributed by atoms with Gasteiger partial charge in [-0.05, 0) is 37.5 Å². The topological polar surface area (TPSA) is 56.0 Å². The number of hydrogen-bond donors (Lipinski definition) is 2. The van der Waals surface area contributed by atoms with Crippen LogP contribution in [0.4, 0.5) is 5.69 Å². The van der Waals surface area contributed by atoms with Crippen LogP contribution in [0.1, 0.15) is 32.8 Å². The maximum atomic E-state index is 10.1. The molecule has 0 aliphatic rings. The Labute approximate surface area is 103 Å². The smallest absolute Gasteiger partial charge is 0.0992 e. The van der Waals surface area contributed by atoms with Crippen LogP contribution in [0.3, 0.4) is 0 Å². The first-order chi connectivity index (χ1) is 7.93. The van der Waals surface area contributed by atoms with E-state index in [1.165, 1.54) is 0 Å². The van der Waals surface area contributed by atoms with Crippen LogP contribution in [0.15, 0.2) is 24.3 Å². The summed E-state index contributed by atoms with van der Waals surface area (Å²) in [6.45, 7) is 6.49. The average molecular weight is 232 g/mol. The van der Waals surface area contributed by atoms with Crippen molar-refractivity contribution < 1.29 is 5.11 Å². The molecule has 1 unspecified atom stereocenters. The summed E-state index contributed by atoms with van der Waals surface area (Å²) >= 11 is 0. The second-order valence-corrected chi connectivity index (χ2v) is 5.14. The molecule has 0 saturated heterocycles. The number of anilines is 1. The third kappa shape index (κ3) is 4.88. The first-order valence-corrected chi connectivity index (χ1v) is 5.89. The van der Waals surface area contributed by atoms with Gasteiger partial charge in [0.25, 0.3) is 0 Å². The van der Waals surface area contributed by atoms with Crippen molar-refractivity contribution >= 4 is 5.69 Å². The predicted octanol–water partition coefficient (Wildman–Crippen LogP) is 2.77. The highest BCUT2D eigenvalue weighted by Crippen LogP contribution is 2.18. The quantitative estimate of drug-likeness (QED) is 0.820. The monoisotopic (exact) mass is 232 g/mol. The van der Waals surface area contributed by atoms with Crippen LogP contribution in [0, 0.1) is 17.2 Å². The maximum Gasteiger partial charge on any atom is 0.0992 e. The van der Waals surface area contributed by atoms with Gasteiger partial charge in [0.2, 0.25) is 0 Å². The fourth-order valence-electron chi connectivity index (χ4n) is 1.94. The van der Waals surface area contributed by atoms with E-state index in [4.69, 9.17) is 5.26 Å². The zero-order valence-corrected chi connectivity index (χ0v) is 10.7. The molecule has 1 atom stereocenters. The van der Waals surface area contributed by atoms with Gasteiger partial charge in [0, 0.05) is 12.2 Å². The molecule has 0 bridgehead atoms. The summed E-state index contributed by atoms with van der Waals surface area (Å²) in [4.78, 5) is 0. The van der Waals surface area contributed by atoms with Gasteiger partial charge in [-0.2, -0.15) is 5.26 Å². The summed E-state index contributed by atoms with van der Waals surface area (Å²) in [6.07, 6.45) is 0.748. The number of benzene rings is 1. The molecular weight excluding hydrogens is 212 g/mol. The molecule has 0 saturated carbocycles. The second-order valence-electron chi connectivity index (χ2n) is 5.14. The van der Waals surface area contributed by atoms with Crippen LogP contribution >= 0.6 is 0 Å². The number of aliphatic hydroxyl groups is 1. The highest BCUT2D eigenvalue weighted by Gasteiger charge is 2.21. The van der Waals surface area contributed by atoms with E-state index in [9.17, 15) is 5.11 Å².